The Kier molecular flexibility index (Phi) is 5.13. The summed E-state index contributed by atoms with van der Waals surface area (Å²) >= 11 is 0. The van der Waals surface area contributed by atoms with Crippen LogP contribution in [0.15, 0.2) is 35.0 Å². The molecule has 0 saturated carbocycles. The molecule has 1 N–H and O–H groups in total. The molecule has 1 fully saturated rings. The van der Waals surface area contributed by atoms with Crippen LogP contribution < -0.4 is 10.2 Å². The van der Waals surface area contributed by atoms with Crippen molar-refractivity contribution in [1.29, 1.82) is 0 Å². The van der Waals surface area contributed by atoms with Crippen molar-refractivity contribution >= 4 is 28.5 Å². The fraction of sp³-hybridized carbons (Fsp3) is 0.381. The van der Waals surface area contributed by atoms with Crippen LogP contribution >= 0.6 is 0 Å². The van der Waals surface area contributed by atoms with Gasteiger partial charge in [-0.25, -0.2) is 9.97 Å². The lowest BCUT2D eigenvalue weighted by Crippen LogP contribution is -2.41. The molecule has 1 unspecified atom stereocenters. The Bertz CT molecular complexity index is 1090. The molecule has 0 bridgehead atoms. The van der Waals surface area contributed by atoms with Crippen molar-refractivity contribution in [3.8, 4) is 0 Å². The summed E-state index contributed by atoms with van der Waals surface area (Å²) in [7, 11) is 0. The van der Waals surface area contributed by atoms with Gasteiger partial charge >= 0.3 is 6.18 Å². The first-order valence-electron chi connectivity index (χ1n) is 9.68. The van der Waals surface area contributed by atoms with Crippen LogP contribution in [0.3, 0.4) is 0 Å². The average molecular weight is 418 g/mol. The summed E-state index contributed by atoms with van der Waals surface area (Å²) in [5.74, 6) is 0.810. The lowest BCUT2D eigenvalue weighted by molar-refractivity contribution is -0.137. The smallest absolute Gasteiger partial charge is 0.416 e. The van der Waals surface area contributed by atoms with Gasteiger partial charge in [0, 0.05) is 24.3 Å². The Morgan fingerprint density at radius 1 is 1.27 bits per heavy atom. The number of benzene rings is 1. The first kappa shape index (κ1) is 20.2. The number of carbonyl (C=O) groups excluding carboxylic acids is 1. The zero-order valence-corrected chi connectivity index (χ0v) is 16.6. The molecule has 3 aromatic rings. The highest BCUT2D eigenvalue weighted by Crippen LogP contribution is 2.33. The maximum atomic E-state index is 12.9. The number of nitrogens with one attached hydrogen (secondary N) is 1. The molecule has 1 amide bonds. The normalized spacial score (nSPS) is 17.4. The number of rotatable bonds is 3. The molecule has 1 aromatic carbocycles. The number of fused-ring (bicyclic) bond motifs is 1. The van der Waals surface area contributed by atoms with Crippen LogP contribution in [0.4, 0.5) is 24.7 Å². The van der Waals surface area contributed by atoms with Crippen LogP contribution in [0, 0.1) is 19.8 Å². The van der Waals surface area contributed by atoms with E-state index in [1.54, 1.807) is 0 Å². The lowest BCUT2D eigenvalue weighted by Gasteiger charge is -2.33. The second kappa shape index (κ2) is 7.62. The van der Waals surface area contributed by atoms with Gasteiger partial charge in [0.2, 0.25) is 11.6 Å². The van der Waals surface area contributed by atoms with Crippen LogP contribution in [0.1, 0.15) is 29.7 Å². The number of anilines is 2. The maximum Gasteiger partial charge on any atom is 0.416 e. The molecular weight excluding hydrogens is 397 g/mol. The summed E-state index contributed by atoms with van der Waals surface area (Å²) in [5, 5.41) is 3.46. The van der Waals surface area contributed by atoms with Gasteiger partial charge in [-0.05, 0) is 44.9 Å². The van der Waals surface area contributed by atoms with E-state index in [4.69, 9.17) is 4.42 Å². The highest BCUT2D eigenvalue weighted by atomic mass is 19.4. The Balaban J connectivity index is 1.53. The summed E-state index contributed by atoms with van der Waals surface area (Å²) < 4.78 is 44.4. The number of aryl methyl sites for hydroxylation is 2. The Morgan fingerprint density at radius 2 is 2.07 bits per heavy atom. The molecule has 158 valence electrons. The number of halogens is 3. The van der Waals surface area contributed by atoms with Crippen molar-refractivity contribution in [2.45, 2.75) is 32.9 Å². The number of aromatic nitrogens is 2. The third kappa shape index (κ3) is 3.83. The Labute approximate surface area is 171 Å². The van der Waals surface area contributed by atoms with Gasteiger partial charge < -0.3 is 14.6 Å². The van der Waals surface area contributed by atoms with Crippen LogP contribution in [-0.4, -0.2) is 29.0 Å². The second-order valence-corrected chi connectivity index (χ2v) is 7.51. The SMILES string of the molecule is Cc1oc2ncnc(N3CCCC(C(=O)Nc4cccc(C(F)(F)F)c4)C3)c2c1C. The number of hydrogen-bond acceptors (Lipinski definition) is 5. The fourth-order valence-electron chi connectivity index (χ4n) is 3.80. The predicted molar refractivity (Wildman–Crippen MR) is 106 cm³/mol. The van der Waals surface area contributed by atoms with Crippen molar-refractivity contribution in [3.63, 3.8) is 0 Å². The quantitative estimate of drug-likeness (QED) is 0.667. The van der Waals surface area contributed by atoms with Crippen LogP contribution in [0.25, 0.3) is 11.1 Å². The topological polar surface area (TPSA) is 71.3 Å². The zero-order chi connectivity index (χ0) is 21.5. The van der Waals surface area contributed by atoms with Gasteiger partial charge in [-0.1, -0.05) is 6.07 Å². The van der Waals surface area contributed by atoms with E-state index in [1.807, 2.05) is 18.7 Å². The molecule has 1 aliphatic heterocycles. The molecule has 1 atom stereocenters. The minimum atomic E-state index is -4.46. The number of hydrogen-bond donors (Lipinski definition) is 1. The molecule has 2 aromatic heterocycles. The van der Waals surface area contributed by atoms with E-state index in [9.17, 15) is 18.0 Å². The van der Waals surface area contributed by atoms with Crippen LogP contribution in [-0.2, 0) is 11.0 Å². The van der Waals surface area contributed by atoms with E-state index in [0.29, 0.717) is 24.5 Å². The molecule has 1 saturated heterocycles. The number of carbonyl (C=O) groups is 1. The monoisotopic (exact) mass is 418 g/mol. The Hall–Kier alpha value is -3.10. The molecule has 3 heterocycles. The van der Waals surface area contributed by atoms with Crippen LogP contribution in [0.2, 0.25) is 0 Å². The minimum absolute atomic E-state index is 0.137. The summed E-state index contributed by atoms with van der Waals surface area (Å²) in [6.07, 6.45) is -1.60. The minimum Gasteiger partial charge on any atom is -0.443 e. The maximum absolute atomic E-state index is 12.9. The van der Waals surface area contributed by atoms with Crippen molar-refractivity contribution in [2.24, 2.45) is 5.92 Å². The van der Waals surface area contributed by atoms with Gasteiger partial charge in [0.05, 0.1) is 16.9 Å². The molecule has 0 radical (unpaired) electrons. The number of alkyl halides is 3. The van der Waals surface area contributed by atoms with E-state index >= 15 is 0 Å². The van der Waals surface area contributed by atoms with Crippen molar-refractivity contribution in [2.75, 3.05) is 23.3 Å². The Morgan fingerprint density at radius 3 is 2.83 bits per heavy atom. The second-order valence-electron chi connectivity index (χ2n) is 7.51. The predicted octanol–water partition coefficient (Wildman–Crippen LogP) is 4.71. The molecule has 30 heavy (non-hydrogen) atoms. The van der Waals surface area contributed by atoms with Gasteiger partial charge in [-0.2, -0.15) is 13.2 Å². The van der Waals surface area contributed by atoms with Gasteiger partial charge in [-0.3, -0.25) is 4.79 Å². The van der Waals surface area contributed by atoms with Crippen molar-refractivity contribution in [1.82, 2.24) is 9.97 Å². The standard InChI is InChI=1S/C21H21F3N4O2/c1-12-13(2)30-20-17(12)18(25-11-26-20)28-8-4-5-14(10-28)19(29)27-16-7-3-6-15(9-16)21(22,23)24/h3,6-7,9,11,14H,4-5,8,10H2,1-2H3,(H,27,29). The van der Waals surface area contributed by atoms with E-state index in [0.717, 1.165) is 41.8 Å². The molecule has 0 aliphatic carbocycles. The van der Waals surface area contributed by atoms with E-state index in [-0.39, 0.29) is 17.5 Å². The van der Waals surface area contributed by atoms with Crippen LogP contribution in [0.5, 0.6) is 0 Å². The van der Waals surface area contributed by atoms with Gasteiger partial charge in [0.15, 0.2) is 0 Å². The molecular formula is C21H21F3N4O2. The van der Waals surface area contributed by atoms with Crippen molar-refractivity contribution < 1.29 is 22.4 Å². The highest BCUT2D eigenvalue weighted by Gasteiger charge is 2.32. The summed E-state index contributed by atoms with van der Waals surface area (Å²) in [6.45, 7) is 4.95. The molecule has 4 rings (SSSR count). The third-order valence-electron chi connectivity index (χ3n) is 5.49. The molecule has 9 heteroatoms. The number of piperidine rings is 1. The van der Waals surface area contributed by atoms with Gasteiger partial charge in [0.1, 0.15) is 17.9 Å². The van der Waals surface area contributed by atoms with E-state index < -0.39 is 11.7 Å². The lowest BCUT2D eigenvalue weighted by atomic mass is 9.96. The molecule has 1 aliphatic rings. The average Bonchev–Trinajstić information content (AvgIpc) is 3.01. The fourth-order valence-corrected chi connectivity index (χ4v) is 3.80. The van der Waals surface area contributed by atoms with E-state index in [2.05, 4.69) is 15.3 Å². The summed E-state index contributed by atoms with van der Waals surface area (Å²) in [5.41, 5.74) is 0.805. The summed E-state index contributed by atoms with van der Waals surface area (Å²) in [6, 6.07) is 4.67. The van der Waals surface area contributed by atoms with Gasteiger partial charge in [0.25, 0.3) is 0 Å². The first-order valence-corrected chi connectivity index (χ1v) is 9.68. The number of nitrogens with zero attached hydrogens (tertiary/aromatic N) is 3. The third-order valence-corrected chi connectivity index (χ3v) is 5.49. The number of amides is 1. The molecule has 0 spiro atoms. The number of furan rings is 1. The highest BCUT2D eigenvalue weighted by molar-refractivity contribution is 5.94. The zero-order valence-electron chi connectivity index (χ0n) is 16.6. The summed E-state index contributed by atoms with van der Waals surface area (Å²) in [4.78, 5) is 23.4. The largest absolute Gasteiger partial charge is 0.443 e. The first-order chi connectivity index (χ1) is 14.2. The van der Waals surface area contributed by atoms with E-state index in [1.165, 1.54) is 18.5 Å². The van der Waals surface area contributed by atoms with Gasteiger partial charge in [-0.15, -0.1) is 0 Å². The van der Waals surface area contributed by atoms with Crippen molar-refractivity contribution in [3.05, 3.63) is 47.5 Å². The molecule has 6 nitrogen and oxygen atoms in total.